The van der Waals surface area contributed by atoms with Crippen LogP contribution in [0.3, 0.4) is 0 Å². The van der Waals surface area contributed by atoms with Gasteiger partial charge in [0.2, 0.25) is 0 Å². The molecule has 0 heterocycles. The fourth-order valence-corrected chi connectivity index (χ4v) is 2.30. The molecule has 4 nitrogen and oxygen atoms in total. The van der Waals surface area contributed by atoms with E-state index in [1.807, 2.05) is 58.0 Å². The molecule has 0 radical (unpaired) electrons. The van der Waals surface area contributed by atoms with Crippen LogP contribution < -0.4 is 5.32 Å². The lowest BCUT2D eigenvalue weighted by Crippen LogP contribution is -2.21. The van der Waals surface area contributed by atoms with Crippen LogP contribution in [-0.2, 0) is 9.53 Å². The highest BCUT2D eigenvalue weighted by Gasteiger charge is 2.13. The maximum Gasteiger partial charge on any atom is 0.338 e. The zero-order valence-corrected chi connectivity index (χ0v) is 13.9. The lowest BCUT2D eigenvalue weighted by Gasteiger charge is -2.10. The number of carbonyl (C=O) groups excluding carboxylic acids is 2. The van der Waals surface area contributed by atoms with Crippen molar-refractivity contribution in [1.29, 1.82) is 0 Å². The Morgan fingerprint density at radius 1 is 0.913 bits per heavy atom. The lowest BCUT2D eigenvalue weighted by atomic mass is 10.1. The summed E-state index contributed by atoms with van der Waals surface area (Å²) in [4.78, 5) is 24.0. The maximum atomic E-state index is 12.1. The van der Waals surface area contributed by atoms with Gasteiger partial charge in [-0.05, 0) is 51.0 Å². The van der Waals surface area contributed by atoms with Gasteiger partial charge in [0, 0.05) is 5.69 Å². The Bertz CT molecular complexity index is 750. The predicted molar refractivity (Wildman–Crippen MR) is 90.7 cm³/mol. The number of ether oxygens (including phenoxy) is 1. The summed E-state index contributed by atoms with van der Waals surface area (Å²) in [5.74, 6) is -0.836. The van der Waals surface area contributed by atoms with Gasteiger partial charge in [-0.2, -0.15) is 0 Å². The van der Waals surface area contributed by atoms with Gasteiger partial charge in [0.05, 0.1) is 5.56 Å². The number of hydrogen-bond donors (Lipinski definition) is 1. The smallest absolute Gasteiger partial charge is 0.338 e. The molecule has 0 bridgehead atoms. The molecule has 4 heteroatoms. The number of anilines is 1. The Morgan fingerprint density at radius 2 is 1.57 bits per heavy atom. The zero-order valence-electron chi connectivity index (χ0n) is 13.9. The van der Waals surface area contributed by atoms with Crippen molar-refractivity contribution in [3.05, 3.63) is 64.2 Å². The van der Waals surface area contributed by atoms with E-state index >= 15 is 0 Å². The van der Waals surface area contributed by atoms with Crippen molar-refractivity contribution in [2.24, 2.45) is 0 Å². The van der Waals surface area contributed by atoms with E-state index in [-0.39, 0.29) is 12.5 Å². The van der Waals surface area contributed by atoms with Crippen LogP contribution in [0.5, 0.6) is 0 Å². The summed E-state index contributed by atoms with van der Waals surface area (Å²) in [6, 6.07) is 11.3. The first-order valence-electron chi connectivity index (χ1n) is 7.48. The van der Waals surface area contributed by atoms with Crippen molar-refractivity contribution in [3.63, 3.8) is 0 Å². The van der Waals surface area contributed by atoms with E-state index in [9.17, 15) is 9.59 Å². The first-order valence-corrected chi connectivity index (χ1v) is 7.48. The van der Waals surface area contributed by atoms with Gasteiger partial charge in [-0.3, -0.25) is 4.79 Å². The molecule has 1 amide bonds. The fraction of sp³-hybridized carbons (Fsp3) is 0.263. The fourth-order valence-electron chi connectivity index (χ4n) is 2.30. The minimum Gasteiger partial charge on any atom is -0.452 e. The van der Waals surface area contributed by atoms with Gasteiger partial charge in [0.25, 0.3) is 5.91 Å². The Labute approximate surface area is 136 Å². The molecule has 0 unspecified atom stereocenters. The van der Waals surface area contributed by atoms with Gasteiger partial charge >= 0.3 is 5.97 Å². The van der Waals surface area contributed by atoms with Crippen LogP contribution in [0.25, 0.3) is 0 Å². The number of benzene rings is 2. The maximum absolute atomic E-state index is 12.1. The zero-order chi connectivity index (χ0) is 17.0. The Balaban J connectivity index is 1.96. The number of esters is 1. The highest BCUT2D eigenvalue weighted by atomic mass is 16.5. The van der Waals surface area contributed by atoms with Gasteiger partial charge in [-0.15, -0.1) is 0 Å². The standard InChI is InChI=1S/C19H21NO3/c1-12-6-8-17(15(4)9-12)20-18(21)11-23-19(22)16-10-13(2)5-7-14(16)3/h5-10H,11H2,1-4H3,(H,20,21). The van der Waals surface area contributed by atoms with Crippen LogP contribution in [0.4, 0.5) is 5.69 Å². The summed E-state index contributed by atoms with van der Waals surface area (Å²) in [6.07, 6.45) is 0. The summed E-state index contributed by atoms with van der Waals surface area (Å²) < 4.78 is 5.11. The lowest BCUT2D eigenvalue weighted by molar-refractivity contribution is -0.119. The molecule has 0 fully saturated rings. The van der Waals surface area contributed by atoms with E-state index in [0.717, 1.165) is 27.9 Å². The van der Waals surface area contributed by atoms with Crippen molar-refractivity contribution in [2.75, 3.05) is 11.9 Å². The summed E-state index contributed by atoms with van der Waals surface area (Å²) in [5, 5.41) is 2.75. The number of aryl methyl sites for hydroxylation is 4. The molecule has 2 aromatic rings. The second kappa shape index (κ2) is 7.09. The van der Waals surface area contributed by atoms with Gasteiger partial charge < -0.3 is 10.1 Å². The van der Waals surface area contributed by atoms with Crippen molar-refractivity contribution < 1.29 is 14.3 Å². The van der Waals surface area contributed by atoms with E-state index < -0.39 is 5.97 Å². The molecule has 1 N–H and O–H groups in total. The topological polar surface area (TPSA) is 55.4 Å². The third kappa shape index (κ3) is 4.42. The molecule has 0 aliphatic heterocycles. The third-order valence-electron chi connectivity index (χ3n) is 3.60. The molecule has 0 aliphatic rings. The van der Waals surface area contributed by atoms with E-state index in [0.29, 0.717) is 5.56 Å². The van der Waals surface area contributed by atoms with E-state index in [2.05, 4.69) is 5.32 Å². The first-order chi connectivity index (χ1) is 10.9. The number of carbonyl (C=O) groups is 2. The van der Waals surface area contributed by atoms with Gasteiger partial charge in [-0.1, -0.05) is 35.4 Å². The van der Waals surface area contributed by atoms with Gasteiger partial charge in [0.1, 0.15) is 0 Å². The average molecular weight is 311 g/mol. The molecular formula is C19H21NO3. The van der Waals surface area contributed by atoms with Crippen molar-refractivity contribution in [3.8, 4) is 0 Å². The Hall–Kier alpha value is -2.62. The number of nitrogens with one attached hydrogen (secondary N) is 1. The van der Waals surface area contributed by atoms with Crippen LogP contribution in [-0.4, -0.2) is 18.5 Å². The molecule has 2 aromatic carbocycles. The molecule has 120 valence electrons. The van der Waals surface area contributed by atoms with E-state index in [4.69, 9.17) is 4.74 Å². The van der Waals surface area contributed by atoms with Crippen LogP contribution in [0.2, 0.25) is 0 Å². The molecule has 0 saturated heterocycles. The Kier molecular flexibility index (Phi) is 5.16. The Morgan fingerprint density at radius 3 is 2.26 bits per heavy atom. The van der Waals surface area contributed by atoms with Gasteiger partial charge in [0.15, 0.2) is 6.61 Å². The van der Waals surface area contributed by atoms with Crippen LogP contribution in [0.1, 0.15) is 32.6 Å². The monoisotopic (exact) mass is 311 g/mol. The quantitative estimate of drug-likeness (QED) is 0.876. The van der Waals surface area contributed by atoms with Crippen molar-refractivity contribution in [1.82, 2.24) is 0 Å². The van der Waals surface area contributed by atoms with Crippen molar-refractivity contribution in [2.45, 2.75) is 27.7 Å². The number of rotatable bonds is 4. The van der Waals surface area contributed by atoms with Crippen molar-refractivity contribution >= 4 is 17.6 Å². The normalized spacial score (nSPS) is 10.3. The molecular weight excluding hydrogens is 290 g/mol. The molecule has 23 heavy (non-hydrogen) atoms. The third-order valence-corrected chi connectivity index (χ3v) is 3.60. The molecule has 0 aromatic heterocycles. The largest absolute Gasteiger partial charge is 0.452 e. The van der Waals surface area contributed by atoms with Crippen LogP contribution in [0.15, 0.2) is 36.4 Å². The average Bonchev–Trinajstić information content (AvgIpc) is 2.50. The SMILES string of the molecule is Cc1ccc(NC(=O)COC(=O)c2cc(C)ccc2C)c(C)c1. The predicted octanol–water partition coefficient (Wildman–Crippen LogP) is 3.72. The minimum atomic E-state index is -0.484. The molecule has 2 rings (SSSR count). The molecule has 0 atom stereocenters. The summed E-state index contributed by atoms with van der Waals surface area (Å²) in [6.45, 7) is 7.35. The minimum absolute atomic E-state index is 0.306. The van der Waals surface area contributed by atoms with Gasteiger partial charge in [-0.25, -0.2) is 4.79 Å². The number of amides is 1. The molecule has 0 spiro atoms. The van der Waals surface area contributed by atoms with E-state index in [1.54, 1.807) is 6.07 Å². The second-order valence-corrected chi connectivity index (χ2v) is 5.76. The summed E-state index contributed by atoms with van der Waals surface area (Å²) in [5.41, 5.74) is 5.12. The first kappa shape index (κ1) is 16.7. The second-order valence-electron chi connectivity index (χ2n) is 5.76. The molecule has 0 saturated carbocycles. The van der Waals surface area contributed by atoms with E-state index in [1.165, 1.54) is 0 Å². The highest BCUT2D eigenvalue weighted by molar-refractivity contribution is 5.96. The number of hydrogen-bond acceptors (Lipinski definition) is 3. The summed E-state index contributed by atoms with van der Waals surface area (Å²) in [7, 11) is 0. The summed E-state index contributed by atoms with van der Waals surface area (Å²) >= 11 is 0. The molecule has 0 aliphatic carbocycles. The highest BCUT2D eigenvalue weighted by Crippen LogP contribution is 2.16. The van der Waals surface area contributed by atoms with Crippen LogP contribution >= 0.6 is 0 Å². The van der Waals surface area contributed by atoms with Crippen LogP contribution in [0, 0.1) is 27.7 Å².